The lowest BCUT2D eigenvalue weighted by atomic mass is 10.2. The number of halogens is 1. The van der Waals surface area contributed by atoms with E-state index in [-0.39, 0.29) is 17.5 Å². The molecule has 0 bridgehead atoms. The maximum Gasteiger partial charge on any atom is 0.287 e. The molecule has 2 amide bonds. The molecule has 0 saturated carbocycles. The molecule has 3 heterocycles. The van der Waals surface area contributed by atoms with Gasteiger partial charge in [0.25, 0.3) is 5.91 Å². The van der Waals surface area contributed by atoms with Crippen molar-refractivity contribution < 1.29 is 18.4 Å². The van der Waals surface area contributed by atoms with Gasteiger partial charge in [-0.25, -0.2) is 4.39 Å². The van der Waals surface area contributed by atoms with E-state index in [1.165, 1.54) is 17.2 Å². The maximum atomic E-state index is 13.5. The number of carbonyl (C=O) groups excluding carboxylic acids is 2. The van der Waals surface area contributed by atoms with E-state index >= 15 is 0 Å². The molecule has 8 heteroatoms. The summed E-state index contributed by atoms with van der Waals surface area (Å²) in [6.07, 6.45) is 1.43. The molecule has 0 spiro atoms. The Balaban J connectivity index is 1.27. The van der Waals surface area contributed by atoms with Crippen molar-refractivity contribution in [3.63, 3.8) is 0 Å². The monoisotopic (exact) mass is 441 g/mol. The standard InChI is InChI=1S/C23H24FN3O3S/c1-16(25-22(28)20-6-3-13-30-20)23(29)27-11-9-26(10-12-27)15-19-7-8-21(31-19)17-4-2-5-18(24)14-17/h2-8,13-14,16H,9-12,15H2,1H3,(H,25,28). The molecule has 1 N–H and O–H groups in total. The van der Waals surface area contributed by atoms with Gasteiger partial charge in [0.15, 0.2) is 5.76 Å². The molecule has 162 valence electrons. The van der Waals surface area contributed by atoms with Crippen molar-refractivity contribution in [3.8, 4) is 10.4 Å². The Kier molecular flexibility index (Phi) is 6.48. The van der Waals surface area contributed by atoms with E-state index < -0.39 is 11.9 Å². The molecule has 1 fully saturated rings. The first kappa shape index (κ1) is 21.3. The number of hydrogen-bond acceptors (Lipinski definition) is 5. The van der Waals surface area contributed by atoms with Gasteiger partial charge in [-0.15, -0.1) is 11.3 Å². The molecule has 4 rings (SSSR count). The average molecular weight is 442 g/mol. The van der Waals surface area contributed by atoms with Gasteiger partial charge in [-0.05, 0) is 48.9 Å². The van der Waals surface area contributed by atoms with E-state index in [1.54, 1.807) is 47.4 Å². The van der Waals surface area contributed by atoms with Crippen molar-refractivity contribution in [2.75, 3.05) is 26.2 Å². The SMILES string of the molecule is CC(NC(=O)c1ccco1)C(=O)N1CCN(Cc2ccc(-c3cccc(F)c3)s2)CC1. The van der Waals surface area contributed by atoms with Crippen LogP contribution in [0.25, 0.3) is 10.4 Å². The number of benzene rings is 1. The lowest BCUT2D eigenvalue weighted by Gasteiger charge is -2.35. The molecule has 31 heavy (non-hydrogen) atoms. The molecular weight excluding hydrogens is 417 g/mol. The topological polar surface area (TPSA) is 65.8 Å². The second-order valence-electron chi connectivity index (χ2n) is 7.55. The number of carbonyl (C=O) groups is 2. The van der Waals surface area contributed by atoms with Gasteiger partial charge in [0, 0.05) is 42.5 Å². The molecule has 1 aliphatic rings. The third kappa shape index (κ3) is 5.21. The van der Waals surface area contributed by atoms with Crippen LogP contribution in [0.3, 0.4) is 0 Å². The van der Waals surface area contributed by atoms with Crippen molar-refractivity contribution >= 4 is 23.2 Å². The van der Waals surface area contributed by atoms with Crippen LogP contribution in [0.15, 0.2) is 59.2 Å². The van der Waals surface area contributed by atoms with E-state index in [1.807, 2.05) is 12.1 Å². The summed E-state index contributed by atoms with van der Waals surface area (Å²) >= 11 is 1.66. The van der Waals surface area contributed by atoms with Gasteiger partial charge in [0.2, 0.25) is 5.91 Å². The van der Waals surface area contributed by atoms with Crippen LogP contribution in [0.2, 0.25) is 0 Å². The maximum absolute atomic E-state index is 13.5. The minimum atomic E-state index is -0.615. The van der Waals surface area contributed by atoms with E-state index in [0.29, 0.717) is 13.1 Å². The van der Waals surface area contributed by atoms with Gasteiger partial charge in [-0.2, -0.15) is 0 Å². The molecule has 1 atom stereocenters. The van der Waals surface area contributed by atoms with Crippen LogP contribution >= 0.6 is 11.3 Å². The van der Waals surface area contributed by atoms with Crippen LogP contribution in [-0.2, 0) is 11.3 Å². The summed E-state index contributed by atoms with van der Waals surface area (Å²) in [5.41, 5.74) is 0.886. The molecule has 3 aromatic rings. The fourth-order valence-corrected chi connectivity index (χ4v) is 4.66. The zero-order valence-corrected chi connectivity index (χ0v) is 18.0. The number of nitrogens with zero attached hydrogens (tertiary/aromatic N) is 2. The molecule has 2 aromatic heterocycles. The van der Waals surface area contributed by atoms with Gasteiger partial charge in [-0.1, -0.05) is 12.1 Å². The van der Waals surface area contributed by atoms with E-state index in [2.05, 4.69) is 16.3 Å². The molecule has 1 saturated heterocycles. The van der Waals surface area contributed by atoms with Crippen molar-refractivity contribution in [1.82, 2.24) is 15.1 Å². The lowest BCUT2D eigenvalue weighted by Crippen LogP contribution is -2.53. The summed E-state index contributed by atoms with van der Waals surface area (Å²) in [7, 11) is 0. The predicted molar refractivity (Wildman–Crippen MR) is 117 cm³/mol. The normalized spacial score (nSPS) is 15.6. The van der Waals surface area contributed by atoms with Crippen LogP contribution in [0.4, 0.5) is 4.39 Å². The summed E-state index contributed by atoms with van der Waals surface area (Å²) in [6, 6.07) is 13.3. The van der Waals surface area contributed by atoms with E-state index in [0.717, 1.165) is 30.1 Å². The summed E-state index contributed by atoms with van der Waals surface area (Å²) in [5.74, 6) is -0.527. The Bertz CT molecular complexity index is 1040. The Morgan fingerprint density at radius 3 is 2.65 bits per heavy atom. The molecular formula is C23H24FN3O3S. The molecule has 1 aliphatic heterocycles. The van der Waals surface area contributed by atoms with Gasteiger partial charge >= 0.3 is 0 Å². The quantitative estimate of drug-likeness (QED) is 0.635. The van der Waals surface area contributed by atoms with Crippen LogP contribution in [0, 0.1) is 5.82 Å². The molecule has 6 nitrogen and oxygen atoms in total. The molecule has 1 unspecified atom stereocenters. The van der Waals surface area contributed by atoms with Gasteiger partial charge in [0.1, 0.15) is 11.9 Å². The minimum absolute atomic E-state index is 0.0935. The highest BCUT2D eigenvalue weighted by atomic mass is 32.1. The number of hydrogen-bond donors (Lipinski definition) is 1. The Hall–Kier alpha value is -2.97. The first-order chi connectivity index (χ1) is 15.0. The van der Waals surface area contributed by atoms with Crippen molar-refractivity contribution in [2.24, 2.45) is 0 Å². The third-order valence-corrected chi connectivity index (χ3v) is 6.42. The van der Waals surface area contributed by atoms with E-state index in [9.17, 15) is 14.0 Å². The van der Waals surface area contributed by atoms with Crippen LogP contribution < -0.4 is 5.32 Å². The summed E-state index contributed by atoms with van der Waals surface area (Å²) in [6.45, 7) is 5.24. The van der Waals surface area contributed by atoms with Gasteiger partial charge in [0.05, 0.1) is 6.26 Å². The first-order valence-electron chi connectivity index (χ1n) is 10.2. The fourth-order valence-electron chi connectivity index (χ4n) is 3.62. The molecule has 0 aliphatic carbocycles. The van der Waals surface area contributed by atoms with Crippen molar-refractivity contribution in [1.29, 1.82) is 0 Å². The third-order valence-electron chi connectivity index (χ3n) is 5.30. The zero-order valence-electron chi connectivity index (χ0n) is 17.2. The molecule has 0 radical (unpaired) electrons. The number of rotatable bonds is 6. The first-order valence-corrected chi connectivity index (χ1v) is 11.0. The van der Waals surface area contributed by atoms with E-state index in [4.69, 9.17) is 4.42 Å². The number of amides is 2. The fraction of sp³-hybridized carbons (Fsp3) is 0.304. The molecule has 1 aromatic carbocycles. The van der Waals surface area contributed by atoms with Gasteiger partial charge in [-0.3, -0.25) is 14.5 Å². The highest BCUT2D eigenvalue weighted by Crippen LogP contribution is 2.29. The van der Waals surface area contributed by atoms with Crippen molar-refractivity contribution in [2.45, 2.75) is 19.5 Å². The minimum Gasteiger partial charge on any atom is -0.459 e. The number of furan rings is 1. The highest BCUT2D eigenvalue weighted by Gasteiger charge is 2.26. The predicted octanol–water partition coefficient (Wildman–Crippen LogP) is 3.61. The number of nitrogens with one attached hydrogen (secondary N) is 1. The smallest absolute Gasteiger partial charge is 0.287 e. The second kappa shape index (κ2) is 9.45. The summed E-state index contributed by atoms with van der Waals surface area (Å²) < 4.78 is 18.5. The Labute approximate surface area is 184 Å². The van der Waals surface area contributed by atoms with Crippen LogP contribution in [0.5, 0.6) is 0 Å². The second-order valence-corrected chi connectivity index (χ2v) is 8.72. The number of piperazine rings is 1. The van der Waals surface area contributed by atoms with Crippen LogP contribution in [-0.4, -0.2) is 53.8 Å². The van der Waals surface area contributed by atoms with Crippen LogP contribution in [0.1, 0.15) is 22.4 Å². The Morgan fingerprint density at radius 2 is 1.94 bits per heavy atom. The lowest BCUT2D eigenvalue weighted by molar-refractivity contribution is -0.134. The van der Waals surface area contributed by atoms with Gasteiger partial charge < -0.3 is 14.6 Å². The average Bonchev–Trinajstić information content (AvgIpc) is 3.46. The largest absolute Gasteiger partial charge is 0.459 e. The zero-order chi connectivity index (χ0) is 21.8. The summed E-state index contributed by atoms with van der Waals surface area (Å²) in [5, 5.41) is 2.69. The highest BCUT2D eigenvalue weighted by molar-refractivity contribution is 7.15. The number of thiophene rings is 1. The van der Waals surface area contributed by atoms with Crippen molar-refractivity contribution in [3.05, 3.63) is 71.2 Å². The Morgan fingerprint density at radius 1 is 1.13 bits per heavy atom. The summed E-state index contributed by atoms with van der Waals surface area (Å²) in [4.78, 5) is 31.1.